The molecular formula is C20H23N3OS2. The van der Waals surface area contributed by atoms with E-state index >= 15 is 0 Å². The molecule has 0 saturated heterocycles. The highest BCUT2D eigenvalue weighted by atomic mass is 32.2. The van der Waals surface area contributed by atoms with E-state index in [1.54, 1.807) is 17.7 Å². The molecule has 4 nitrogen and oxygen atoms in total. The topological polar surface area (TPSA) is 46.1 Å². The Morgan fingerprint density at radius 2 is 1.92 bits per heavy atom. The third kappa shape index (κ3) is 4.24. The molecule has 3 rings (SSSR count). The molecule has 0 aliphatic rings. The van der Waals surface area contributed by atoms with Gasteiger partial charge in [0.1, 0.15) is 16.2 Å². The summed E-state index contributed by atoms with van der Waals surface area (Å²) in [6.07, 6.45) is 1.57. The molecule has 1 amide bonds. The summed E-state index contributed by atoms with van der Waals surface area (Å²) in [5.74, 6) is 0.119. The van der Waals surface area contributed by atoms with Crippen molar-refractivity contribution in [3.63, 3.8) is 0 Å². The second kappa shape index (κ2) is 7.76. The summed E-state index contributed by atoms with van der Waals surface area (Å²) in [6.45, 7) is 8.79. The van der Waals surface area contributed by atoms with Crippen LogP contribution < -0.4 is 0 Å². The number of hydrogen-bond acceptors (Lipinski definition) is 5. The van der Waals surface area contributed by atoms with Gasteiger partial charge in [-0.05, 0) is 44.7 Å². The van der Waals surface area contributed by atoms with Crippen molar-refractivity contribution in [3.8, 4) is 0 Å². The Kier molecular flexibility index (Phi) is 5.63. The molecule has 136 valence electrons. The minimum absolute atomic E-state index is 0.119. The molecule has 6 heteroatoms. The van der Waals surface area contributed by atoms with Crippen molar-refractivity contribution >= 4 is 39.2 Å². The normalized spacial score (nSPS) is 12.9. The van der Waals surface area contributed by atoms with Crippen LogP contribution in [0.25, 0.3) is 10.2 Å². The van der Waals surface area contributed by atoms with Gasteiger partial charge in [0.2, 0.25) is 5.91 Å². The summed E-state index contributed by atoms with van der Waals surface area (Å²) in [4.78, 5) is 24.8. The molecule has 2 aromatic heterocycles. The first-order valence-corrected chi connectivity index (χ1v) is 10.3. The number of carbonyl (C=O) groups excluding carboxylic acids is 1. The largest absolute Gasteiger partial charge is 0.333 e. The lowest BCUT2D eigenvalue weighted by molar-refractivity contribution is -0.135. The first kappa shape index (κ1) is 18.9. The number of aromatic nitrogens is 2. The maximum Gasteiger partial charge on any atom is 0.236 e. The second-order valence-electron chi connectivity index (χ2n) is 7.16. The van der Waals surface area contributed by atoms with E-state index in [4.69, 9.17) is 0 Å². The Bertz CT molecular complexity index is 887. The van der Waals surface area contributed by atoms with Crippen LogP contribution in [0.5, 0.6) is 0 Å². The number of rotatable bonds is 5. The zero-order valence-corrected chi connectivity index (χ0v) is 17.1. The standard InChI is InChI=1S/C20H23N3OS2/c1-14(26-18-16-10-11-25-17(16)21-13-22-18)19(24)23(20(2,3)4)12-15-8-6-5-7-9-15/h5-11,13-14H,12H2,1-4H3/t14-/m1/s1. The molecule has 0 saturated carbocycles. The van der Waals surface area contributed by atoms with Crippen LogP contribution in [0.3, 0.4) is 0 Å². The molecule has 0 bridgehead atoms. The van der Waals surface area contributed by atoms with Crippen LogP contribution in [0.4, 0.5) is 0 Å². The van der Waals surface area contributed by atoms with Crippen molar-refractivity contribution in [2.24, 2.45) is 0 Å². The molecule has 0 aliphatic carbocycles. The molecule has 0 fully saturated rings. The van der Waals surface area contributed by atoms with Gasteiger partial charge in [0, 0.05) is 17.5 Å². The summed E-state index contributed by atoms with van der Waals surface area (Å²) in [5, 5.41) is 3.67. The molecule has 0 radical (unpaired) electrons. The average Bonchev–Trinajstić information content (AvgIpc) is 3.09. The van der Waals surface area contributed by atoms with E-state index in [0.29, 0.717) is 6.54 Å². The van der Waals surface area contributed by atoms with Gasteiger partial charge in [-0.25, -0.2) is 9.97 Å². The lowest BCUT2D eigenvalue weighted by Crippen LogP contribution is -2.48. The molecule has 0 spiro atoms. The van der Waals surface area contributed by atoms with E-state index in [1.165, 1.54) is 11.8 Å². The molecule has 0 aliphatic heterocycles. The fourth-order valence-electron chi connectivity index (χ4n) is 2.71. The third-order valence-electron chi connectivity index (χ3n) is 4.12. The maximum absolute atomic E-state index is 13.2. The highest BCUT2D eigenvalue weighted by molar-refractivity contribution is 8.00. The Balaban J connectivity index is 1.81. The van der Waals surface area contributed by atoms with Gasteiger partial charge >= 0.3 is 0 Å². The number of fused-ring (bicyclic) bond motifs is 1. The number of amides is 1. The van der Waals surface area contributed by atoms with Crippen molar-refractivity contribution in [2.75, 3.05) is 0 Å². The minimum atomic E-state index is -0.259. The van der Waals surface area contributed by atoms with Gasteiger partial charge in [-0.3, -0.25) is 4.79 Å². The molecule has 0 unspecified atom stereocenters. The van der Waals surface area contributed by atoms with E-state index in [0.717, 1.165) is 20.8 Å². The van der Waals surface area contributed by atoms with E-state index < -0.39 is 0 Å². The lowest BCUT2D eigenvalue weighted by atomic mass is 10.0. The van der Waals surface area contributed by atoms with Crippen LogP contribution in [-0.4, -0.2) is 31.6 Å². The molecule has 26 heavy (non-hydrogen) atoms. The number of hydrogen-bond donors (Lipinski definition) is 0. The second-order valence-corrected chi connectivity index (χ2v) is 9.38. The van der Waals surface area contributed by atoms with Gasteiger partial charge in [-0.15, -0.1) is 11.3 Å². The fraction of sp³-hybridized carbons (Fsp3) is 0.350. The lowest BCUT2D eigenvalue weighted by Gasteiger charge is -2.37. The van der Waals surface area contributed by atoms with Crippen molar-refractivity contribution in [1.29, 1.82) is 0 Å². The van der Waals surface area contributed by atoms with E-state index in [-0.39, 0.29) is 16.7 Å². The monoisotopic (exact) mass is 385 g/mol. The summed E-state index contributed by atoms with van der Waals surface area (Å²) in [6, 6.07) is 12.1. The van der Waals surface area contributed by atoms with Crippen molar-refractivity contribution in [3.05, 3.63) is 53.7 Å². The molecule has 3 aromatic rings. The zero-order chi connectivity index (χ0) is 18.7. The highest BCUT2D eigenvalue weighted by Crippen LogP contribution is 2.32. The predicted octanol–water partition coefficient (Wildman–Crippen LogP) is 5.00. The van der Waals surface area contributed by atoms with Gasteiger partial charge in [-0.2, -0.15) is 0 Å². The zero-order valence-electron chi connectivity index (χ0n) is 15.5. The smallest absolute Gasteiger partial charge is 0.236 e. The van der Waals surface area contributed by atoms with Gasteiger partial charge in [-0.1, -0.05) is 42.1 Å². The van der Waals surface area contributed by atoms with E-state index in [9.17, 15) is 4.79 Å². The first-order chi connectivity index (χ1) is 12.4. The van der Waals surface area contributed by atoms with Gasteiger partial charge in [0.15, 0.2) is 0 Å². The van der Waals surface area contributed by atoms with Crippen molar-refractivity contribution < 1.29 is 4.79 Å². The van der Waals surface area contributed by atoms with Crippen LogP contribution in [0.2, 0.25) is 0 Å². The summed E-state index contributed by atoms with van der Waals surface area (Å²) in [5.41, 5.74) is 0.876. The SMILES string of the molecule is C[C@@H](Sc1ncnc2sccc12)C(=O)N(Cc1ccccc1)C(C)(C)C. The van der Waals surface area contributed by atoms with Crippen LogP contribution in [0.1, 0.15) is 33.3 Å². The van der Waals surface area contributed by atoms with Crippen LogP contribution in [0, 0.1) is 0 Å². The molecule has 1 atom stereocenters. The van der Waals surface area contributed by atoms with Crippen molar-refractivity contribution in [1.82, 2.24) is 14.9 Å². The Morgan fingerprint density at radius 3 is 2.62 bits per heavy atom. The average molecular weight is 386 g/mol. The molecule has 2 heterocycles. The summed E-state index contributed by atoms with van der Waals surface area (Å²) in [7, 11) is 0. The summed E-state index contributed by atoms with van der Waals surface area (Å²) < 4.78 is 0. The molecule has 0 N–H and O–H groups in total. The van der Waals surface area contributed by atoms with Gasteiger partial charge in [0.25, 0.3) is 0 Å². The number of thioether (sulfide) groups is 1. The number of carbonyl (C=O) groups is 1. The minimum Gasteiger partial charge on any atom is -0.333 e. The number of thiophene rings is 1. The van der Waals surface area contributed by atoms with E-state index in [1.807, 2.05) is 41.5 Å². The van der Waals surface area contributed by atoms with Crippen LogP contribution >= 0.6 is 23.1 Å². The van der Waals surface area contributed by atoms with Gasteiger partial charge < -0.3 is 4.90 Å². The molecule has 1 aromatic carbocycles. The van der Waals surface area contributed by atoms with Crippen LogP contribution in [-0.2, 0) is 11.3 Å². The number of nitrogens with zero attached hydrogens (tertiary/aromatic N) is 3. The van der Waals surface area contributed by atoms with Crippen molar-refractivity contribution in [2.45, 2.75) is 50.1 Å². The Hall–Kier alpha value is -1.92. The quantitative estimate of drug-likeness (QED) is 0.458. The highest BCUT2D eigenvalue weighted by Gasteiger charge is 2.30. The fourth-order valence-corrected chi connectivity index (χ4v) is 4.47. The Morgan fingerprint density at radius 1 is 1.19 bits per heavy atom. The summed E-state index contributed by atoms with van der Waals surface area (Å²) >= 11 is 3.09. The molecular weight excluding hydrogens is 362 g/mol. The van der Waals surface area contributed by atoms with Crippen LogP contribution in [0.15, 0.2) is 53.1 Å². The third-order valence-corrected chi connectivity index (χ3v) is 6.05. The van der Waals surface area contributed by atoms with Gasteiger partial charge in [0.05, 0.1) is 5.25 Å². The maximum atomic E-state index is 13.2. The number of benzene rings is 1. The first-order valence-electron chi connectivity index (χ1n) is 8.56. The predicted molar refractivity (Wildman–Crippen MR) is 109 cm³/mol. The Labute approximate surface area is 162 Å². The van der Waals surface area contributed by atoms with E-state index in [2.05, 4.69) is 42.9 Å².